The quantitative estimate of drug-likeness (QED) is 0.208. The molecular formula is C36H37IN4S. The van der Waals surface area contributed by atoms with E-state index in [0.29, 0.717) is 5.56 Å². The number of pyridine rings is 1. The van der Waals surface area contributed by atoms with E-state index in [9.17, 15) is 0 Å². The molecule has 4 nitrogen and oxygen atoms in total. The van der Waals surface area contributed by atoms with Crippen LogP contribution in [-0.2, 0) is 7.05 Å². The fraction of sp³-hybridized carbons (Fsp3) is 0.278. The largest absolute Gasteiger partial charge is 1.00 e. The first-order chi connectivity index (χ1) is 20.1. The smallest absolute Gasteiger partial charge is 0.213 e. The Kier molecular flexibility index (Phi) is 10.0. The van der Waals surface area contributed by atoms with Gasteiger partial charge in [0.1, 0.15) is 7.05 Å². The van der Waals surface area contributed by atoms with Crippen molar-refractivity contribution in [2.24, 2.45) is 13.0 Å². The van der Waals surface area contributed by atoms with E-state index in [4.69, 9.17) is 5.26 Å². The van der Waals surface area contributed by atoms with Crippen LogP contribution in [0.15, 0.2) is 88.8 Å². The molecule has 0 aliphatic carbocycles. The van der Waals surface area contributed by atoms with Gasteiger partial charge >= 0.3 is 0 Å². The molecule has 1 saturated heterocycles. The van der Waals surface area contributed by atoms with Gasteiger partial charge in [-0.3, -0.25) is 0 Å². The number of hydrogen-bond acceptors (Lipinski definition) is 4. The molecule has 0 spiro atoms. The predicted molar refractivity (Wildman–Crippen MR) is 172 cm³/mol. The Morgan fingerprint density at radius 3 is 2.48 bits per heavy atom. The van der Waals surface area contributed by atoms with Crippen molar-refractivity contribution < 1.29 is 28.5 Å². The number of nitriles is 1. The normalized spacial score (nSPS) is 16.6. The number of aryl methyl sites for hydroxylation is 1. The molecule has 3 heterocycles. The summed E-state index contributed by atoms with van der Waals surface area (Å²) in [5, 5.41) is 11.7. The van der Waals surface area contributed by atoms with E-state index in [1.807, 2.05) is 36.0 Å². The summed E-state index contributed by atoms with van der Waals surface area (Å²) in [4.78, 5) is 6.51. The molecule has 6 rings (SSSR count). The number of thioether (sulfide) groups is 1. The summed E-state index contributed by atoms with van der Waals surface area (Å²) in [6.07, 6.45) is 10.5. The van der Waals surface area contributed by atoms with Gasteiger partial charge in [0.2, 0.25) is 11.2 Å². The topological polar surface area (TPSA) is 34.1 Å². The molecule has 42 heavy (non-hydrogen) atoms. The van der Waals surface area contributed by atoms with Gasteiger partial charge in [0.25, 0.3) is 0 Å². The van der Waals surface area contributed by atoms with Crippen molar-refractivity contribution in [3.05, 3.63) is 106 Å². The minimum absolute atomic E-state index is 0. The summed E-state index contributed by atoms with van der Waals surface area (Å²) >= 11 is 1.88. The summed E-state index contributed by atoms with van der Waals surface area (Å²) in [6, 6.07) is 29.7. The molecule has 0 bridgehead atoms. The molecule has 0 unspecified atom stereocenters. The van der Waals surface area contributed by atoms with E-state index in [0.717, 1.165) is 36.7 Å². The maximum atomic E-state index is 9.13. The lowest BCUT2D eigenvalue weighted by Gasteiger charge is -2.31. The first-order valence-corrected chi connectivity index (χ1v) is 15.5. The lowest BCUT2D eigenvalue weighted by molar-refractivity contribution is -0.646. The van der Waals surface area contributed by atoms with Crippen molar-refractivity contribution in [1.82, 2.24) is 4.90 Å². The Hall–Kier alpha value is -3.12. The summed E-state index contributed by atoms with van der Waals surface area (Å²) in [7, 11) is 2.13. The number of benzene rings is 3. The molecule has 0 saturated carbocycles. The minimum atomic E-state index is 0. The second kappa shape index (κ2) is 13.9. The zero-order valence-corrected chi connectivity index (χ0v) is 27.3. The molecule has 2 aliphatic rings. The average Bonchev–Trinajstić information content (AvgIpc) is 3.36. The standard InChI is InChI=1S/C36H37N4S.HI/c1-27-18-22-39(23-19-27)20-7-21-40-34-10-5-6-11-35(34)41-36(40)25-30-24-31(38(2)33-9-4-3-8-32(30)33)17-16-28-12-14-29(26-37)15-13-28;/h3-6,8-17,24-25,27H,7,18-23H2,1-2H3;1H/q+1;/p-1/b17-16+;. The lowest BCUT2D eigenvalue weighted by Crippen LogP contribution is -3.00. The van der Waals surface area contributed by atoms with Crippen LogP contribution in [0.3, 0.4) is 0 Å². The van der Waals surface area contributed by atoms with Gasteiger partial charge in [-0.05, 0) is 98.4 Å². The van der Waals surface area contributed by atoms with Gasteiger partial charge in [-0.15, -0.1) is 0 Å². The molecule has 0 radical (unpaired) electrons. The maximum Gasteiger partial charge on any atom is 0.213 e. The Labute approximate surface area is 271 Å². The van der Waals surface area contributed by atoms with Crippen molar-refractivity contribution in [2.75, 3.05) is 31.1 Å². The van der Waals surface area contributed by atoms with Gasteiger partial charge in [0, 0.05) is 29.6 Å². The second-order valence-corrected chi connectivity index (χ2v) is 12.3. The zero-order valence-electron chi connectivity index (χ0n) is 24.3. The Bertz CT molecular complexity index is 1650. The number of halogens is 1. The Morgan fingerprint density at radius 1 is 0.952 bits per heavy atom. The number of fused-ring (bicyclic) bond motifs is 2. The molecule has 0 N–H and O–H groups in total. The molecular weight excluding hydrogens is 647 g/mol. The average molecular weight is 685 g/mol. The van der Waals surface area contributed by atoms with Crippen LogP contribution < -0.4 is 33.4 Å². The minimum Gasteiger partial charge on any atom is -1.00 e. The third-order valence-corrected chi connectivity index (χ3v) is 9.51. The van der Waals surface area contributed by atoms with Crippen LogP contribution in [0.25, 0.3) is 29.1 Å². The maximum absolute atomic E-state index is 9.13. The molecule has 1 fully saturated rings. The second-order valence-electron chi connectivity index (χ2n) is 11.2. The van der Waals surface area contributed by atoms with Crippen molar-refractivity contribution in [1.29, 1.82) is 5.26 Å². The van der Waals surface area contributed by atoms with Crippen molar-refractivity contribution >= 4 is 46.6 Å². The number of piperidine rings is 1. The van der Waals surface area contributed by atoms with Gasteiger partial charge in [-0.2, -0.15) is 9.83 Å². The molecule has 3 aromatic carbocycles. The van der Waals surface area contributed by atoms with Gasteiger partial charge < -0.3 is 33.8 Å². The fourth-order valence-electron chi connectivity index (χ4n) is 5.88. The van der Waals surface area contributed by atoms with Crippen LogP contribution >= 0.6 is 11.8 Å². The van der Waals surface area contributed by atoms with Gasteiger partial charge in [0.15, 0.2) is 0 Å². The highest BCUT2D eigenvalue weighted by Gasteiger charge is 2.26. The Balaban J connectivity index is 0.00000353. The van der Waals surface area contributed by atoms with Crippen molar-refractivity contribution in [2.45, 2.75) is 31.1 Å². The number of para-hydroxylation sites is 2. The van der Waals surface area contributed by atoms with Crippen molar-refractivity contribution in [3.8, 4) is 6.07 Å². The van der Waals surface area contributed by atoms with Crippen molar-refractivity contribution in [3.63, 3.8) is 0 Å². The first-order valence-electron chi connectivity index (χ1n) is 14.7. The number of anilines is 1. The number of rotatable bonds is 7. The highest BCUT2D eigenvalue weighted by atomic mass is 127. The van der Waals surface area contributed by atoms with Gasteiger partial charge in [0.05, 0.1) is 27.7 Å². The molecule has 4 aromatic rings. The Morgan fingerprint density at radius 2 is 1.69 bits per heavy atom. The molecule has 0 atom stereocenters. The number of aromatic nitrogens is 1. The molecule has 0 amide bonds. The van der Waals surface area contributed by atoms with Crippen LogP contribution in [0.2, 0.25) is 0 Å². The van der Waals surface area contributed by atoms with Crippen LogP contribution in [-0.4, -0.2) is 31.1 Å². The van der Waals surface area contributed by atoms with E-state index in [-0.39, 0.29) is 24.0 Å². The highest BCUT2D eigenvalue weighted by molar-refractivity contribution is 8.03. The number of hydrogen-bond donors (Lipinski definition) is 0. The SMILES string of the molecule is CC1CCN(CCCN2/C(=C/c3cc(/C=C/c4ccc(C#N)cc4)[n+](C)c4ccccc34)Sc3ccccc32)CC1.[I-]. The fourth-order valence-corrected chi connectivity index (χ4v) is 7.02. The zero-order chi connectivity index (χ0) is 28.2. The van der Waals surface area contributed by atoms with E-state index in [1.165, 1.54) is 58.0 Å². The summed E-state index contributed by atoms with van der Waals surface area (Å²) in [5.41, 5.74) is 6.64. The summed E-state index contributed by atoms with van der Waals surface area (Å²) in [6.45, 7) is 7.04. The van der Waals surface area contributed by atoms with E-state index >= 15 is 0 Å². The van der Waals surface area contributed by atoms with Gasteiger partial charge in [-0.1, -0.05) is 55.1 Å². The van der Waals surface area contributed by atoms with E-state index in [1.54, 1.807) is 0 Å². The molecule has 2 aliphatic heterocycles. The molecule has 6 heteroatoms. The third-order valence-electron chi connectivity index (χ3n) is 8.40. The van der Waals surface area contributed by atoms with Crippen LogP contribution in [0, 0.1) is 17.2 Å². The predicted octanol–water partition coefficient (Wildman–Crippen LogP) is 4.74. The van der Waals surface area contributed by atoms with Crippen LogP contribution in [0.1, 0.15) is 48.6 Å². The molecule has 1 aromatic heterocycles. The first kappa shape index (κ1) is 30.3. The van der Waals surface area contributed by atoms with Crippen LogP contribution in [0.5, 0.6) is 0 Å². The van der Waals surface area contributed by atoms with E-state index < -0.39 is 0 Å². The summed E-state index contributed by atoms with van der Waals surface area (Å²) in [5.74, 6) is 0.869. The van der Waals surface area contributed by atoms with Gasteiger partial charge in [-0.25, -0.2) is 0 Å². The third kappa shape index (κ3) is 6.75. The van der Waals surface area contributed by atoms with E-state index in [2.05, 4.69) is 107 Å². The monoisotopic (exact) mass is 684 g/mol. The van der Waals surface area contributed by atoms with Crippen LogP contribution in [0.4, 0.5) is 5.69 Å². The number of likely N-dealkylation sites (tertiary alicyclic amines) is 1. The molecule has 214 valence electrons. The lowest BCUT2D eigenvalue weighted by atomic mass is 9.99. The summed E-state index contributed by atoms with van der Waals surface area (Å²) < 4.78 is 2.26. The highest BCUT2D eigenvalue weighted by Crippen LogP contribution is 2.46. The number of nitrogens with zero attached hydrogens (tertiary/aromatic N) is 4.